The van der Waals surface area contributed by atoms with Crippen LogP contribution in [0.15, 0.2) is 29.6 Å². The van der Waals surface area contributed by atoms with Crippen LogP contribution in [-0.2, 0) is 11.3 Å². The van der Waals surface area contributed by atoms with Gasteiger partial charge in [-0.15, -0.1) is 11.3 Å². The second-order valence-corrected chi connectivity index (χ2v) is 6.31. The fourth-order valence-corrected chi connectivity index (χ4v) is 2.84. The number of carbonyl (C=O) groups is 1. The molecule has 1 N–H and O–H groups in total. The van der Waals surface area contributed by atoms with E-state index in [0.29, 0.717) is 12.5 Å². The fourth-order valence-electron chi connectivity index (χ4n) is 2.01. The van der Waals surface area contributed by atoms with E-state index in [4.69, 9.17) is 5.11 Å². The number of anilines is 1. The van der Waals surface area contributed by atoms with Crippen molar-refractivity contribution in [1.29, 1.82) is 0 Å². The van der Waals surface area contributed by atoms with Gasteiger partial charge in [0.15, 0.2) is 0 Å². The van der Waals surface area contributed by atoms with E-state index >= 15 is 0 Å². The van der Waals surface area contributed by atoms with Gasteiger partial charge in [0.25, 0.3) is 0 Å². The smallest absolute Gasteiger partial charge is 0.323 e. The van der Waals surface area contributed by atoms with Gasteiger partial charge in [-0.1, -0.05) is 31.5 Å². The number of hydrogen-bond donors (Lipinski definition) is 1. The lowest BCUT2D eigenvalue weighted by Gasteiger charge is -2.22. The molecule has 2 aromatic rings. The van der Waals surface area contributed by atoms with Crippen LogP contribution in [0.3, 0.4) is 0 Å². The summed E-state index contributed by atoms with van der Waals surface area (Å²) in [5, 5.41) is 12.2. The Morgan fingerprint density at radius 3 is 2.52 bits per heavy atom. The number of carboxylic acid groups (broad SMARTS) is 1. The van der Waals surface area contributed by atoms with Crippen molar-refractivity contribution in [3.05, 3.63) is 45.9 Å². The summed E-state index contributed by atoms with van der Waals surface area (Å²) in [6, 6.07) is 7.89. The van der Waals surface area contributed by atoms with E-state index in [2.05, 4.69) is 18.8 Å². The quantitative estimate of drug-likeness (QED) is 0.884. The first kappa shape index (κ1) is 15.5. The predicted molar refractivity (Wildman–Crippen MR) is 86.1 cm³/mol. The molecule has 1 heterocycles. The zero-order valence-electron chi connectivity index (χ0n) is 12.5. The van der Waals surface area contributed by atoms with Crippen LogP contribution in [0, 0.1) is 6.92 Å². The van der Waals surface area contributed by atoms with Crippen LogP contribution >= 0.6 is 11.3 Å². The molecule has 1 aromatic carbocycles. The van der Waals surface area contributed by atoms with Gasteiger partial charge in [0.2, 0.25) is 0 Å². The number of aryl methyl sites for hydroxylation is 1. The average molecular weight is 304 g/mol. The molecule has 0 aliphatic rings. The molecule has 0 atom stereocenters. The monoisotopic (exact) mass is 304 g/mol. The van der Waals surface area contributed by atoms with Gasteiger partial charge >= 0.3 is 5.97 Å². The van der Waals surface area contributed by atoms with Gasteiger partial charge in [-0.05, 0) is 19.1 Å². The molecule has 0 amide bonds. The summed E-state index contributed by atoms with van der Waals surface area (Å²) in [4.78, 5) is 17.5. The SMILES string of the molecule is Cc1ccc(N(CC(=O)O)Cc2csc(C(C)C)n2)cc1. The number of benzene rings is 1. The predicted octanol–water partition coefficient (Wildman–Crippen LogP) is 3.67. The number of aliphatic carboxylic acids is 1. The fraction of sp³-hybridized carbons (Fsp3) is 0.375. The van der Waals surface area contributed by atoms with Crippen molar-refractivity contribution in [2.75, 3.05) is 11.4 Å². The van der Waals surface area contributed by atoms with Crippen LogP contribution < -0.4 is 4.90 Å². The highest BCUT2D eigenvalue weighted by molar-refractivity contribution is 7.09. The molecule has 0 unspecified atom stereocenters. The minimum Gasteiger partial charge on any atom is -0.480 e. The molecule has 0 aliphatic heterocycles. The molecule has 0 radical (unpaired) electrons. The first-order valence-corrected chi connectivity index (χ1v) is 7.81. The molecule has 0 fully saturated rings. The summed E-state index contributed by atoms with van der Waals surface area (Å²) < 4.78 is 0. The molecule has 0 saturated carbocycles. The van der Waals surface area contributed by atoms with Crippen LogP contribution in [-0.4, -0.2) is 22.6 Å². The lowest BCUT2D eigenvalue weighted by Crippen LogP contribution is -2.29. The lowest BCUT2D eigenvalue weighted by atomic mass is 10.2. The molecule has 1 aromatic heterocycles. The third-order valence-electron chi connectivity index (χ3n) is 3.14. The van der Waals surface area contributed by atoms with Crippen molar-refractivity contribution in [2.24, 2.45) is 0 Å². The Kier molecular flexibility index (Phi) is 4.96. The van der Waals surface area contributed by atoms with Crippen molar-refractivity contribution < 1.29 is 9.90 Å². The molecule has 0 aliphatic carbocycles. The minimum absolute atomic E-state index is 0.0302. The van der Waals surface area contributed by atoms with E-state index in [1.54, 1.807) is 11.3 Å². The topological polar surface area (TPSA) is 53.4 Å². The first-order valence-electron chi connectivity index (χ1n) is 6.93. The Labute approximate surface area is 129 Å². The van der Waals surface area contributed by atoms with Crippen molar-refractivity contribution in [3.8, 4) is 0 Å². The Hall–Kier alpha value is -1.88. The Morgan fingerprint density at radius 2 is 2.00 bits per heavy atom. The van der Waals surface area contributed by atoms with Crippen LogP contribution in [0.2, 0.25) is 0 Å². The Balaban J connectivity index is 2.19. The lowest BCUT2D eigenvalue weighted by molar-refractivity contribution is -0.135. The summed E-state index contributed by atoms with van der Waals surface area (Å²) in [5.41, 5.74) is 2.98. The zero-order chi connectivity index (χ0) is 15.4. The van der Waals surface area contributed by atoms with Gasteiger partial charge in [0.05, 0.1) is 17.2 Å². The van der Waals surface area contributed by atoms with E-state index in [1.807, 2.05) is 41.5 Å². The maximum atomic E-state index is 11.1. The second kappa shape index (κ2) is 6.72. The van der Waals surface area contributed by atoms with Gasteiger partial charge in [0.1, 0.15) is 6.54 Å². The minimum atomic E-state index is -0.838. The van der Waals surface area contributed by atoms with Crippen molar-refractivity contribution in [1.82, 2.24) is 4.98 Å². The van der Waals surface area contributed by atoms with Gasteiger partial charge < -0.3 is 10.0 Å². The molecule has 21 heavy (non-hydrogen) atoms. The van der Waals surface area contributed by atoms with Gasteiger partial charge in [-0.2, -0.15) is 0 Å². The summed E-state index contributed by atoms with van der Waals surface area (Å²) in [6.45, 7) is 6.71. The van der Waals surface area contributed by atoms with Crippen LogP contribution in [0.1, 0.15) is 36.0 Å². The summed E-state index contributed by atoms with van der Waals surface area (Å²) in [6.07, 6.45) is 0. The molecule has 0 bridgehead atoms. The third-order valence-corrected chi connectivity index (χ3v) is 4.34. The molecular formula is C16H20N2O2S. The van der Waals surface area contributed by atoms with Crippen molar-refractivity contribution in [3.63, 3.8) is 0 Å². The van der Waals surface area contributed by atoms with Gasteiger partial charge in [-0.3, -0.25) is 4.79 Å². The highest BCUT2D eigenvalue weighted by Crippen LogP contribution is 2.22. The highest BCUT2D eigenvalue weighted by Gasteiger charge is 2.14. The number of rotatable bonds is 6. The standard InChI is InChI=1S/C16H20N2O2S/c1-11(2)16-17-13(10-21-16)8-18(9-15(19)20)14-6-4-12(3)5-7-14/h4-7,10-11H,8-9H2,1-3H3,(H,19,20). The summed E-state index contributed by atoms with van der Waals surface area (Å²) in [5.74, 6) is -0.439. The number of nitrogens with zero attached hydrogens (tertiary/aromatic N) is 2. The number of hydrogen-bond acceptors (Lipinski definition) is 4. The van der Waals surface area contributed by atoms with E-state index in [9.17, 15) is 4.79 Å². The van der Waals surface area contributed by atoms with Gasteiger partial charge in [0, 0.05) is 17.0 Å². The number of thiazole rings is 1. The summed E-state index contributed by atoms with van der Waals surface area (Å²) >= 11 is 1.63. The van der Waals surface area contributed by atoms with E-state index in [0.717, 1.165) is 22.0 Å². The average Bonchev–Trinajstić information content (AvgIpc) is 2.87. The Morgan fingerprint density at radius 1 is 1.33 bits per heavy atom. The van der Waals surface area contributed by atoms with Crippen LogP contribution in [0.25, 0.3) is 0 Å². The molecule has 0 saturated heterocycles. The van der Waals surface area contributed by atoms with Gasteiger partial charge in [-0.25, -0.2) is 4.98 Å². The zero-order valence-corrected chi connectivity index (χ0v) is 13.4. The molecule has 0 spiro atoms. The van der Waals surface area contributed by atoms with Crippen LogP contribution in [0.4, 0.5) is 5.69 Å². The molecular weight excluding hydrogens is 284 g/mol. The van der Waals surface area contributed by atoms with E-state index in [-0.39, 0.29) is 6.54 Å². The first-order chi connectivity index (χ1) is 9.95. The largest absolute Gasteiger partial charge is 0.480 e. The number of carboxylic acids is 1. The number of aromatic nitrogens is 1. The van der Waals surface area contributed by atoms with Crippen molar-refractivity contribution in [2.45, 2.75) is 33.2 Å². The van der Waals surface area contributed by atoms with Crippen LogP contribution in [0.5, 0.6) is 0 Å². The van der Waals surface area contributed by atoms with E-state index in [1.165, 1.54) is 0 Å². The summed E-state index contributed by atoms with van der Waals surface area (Å²) in [7, 11) is 0. The molecule has 112 valence electrons. The normalized spacial score (nSPS) is 10.9. The van der Waals surface area contributed by atoms with E-state index < -0.39 is 5.97 Å². The maximum absolute atomic E-state index is 11.1. The molecule has 4 nitrogen and oxygen atoms in total. The molecule has 2 rings (SSSR count). The maximum Gasteiger partial charge on any atom is 0.323 e. The second-order valence-electron chi connectivity index (χ2n) is 5.42. The third kappa shape index (κ3) is 4.29. The highest BCUT2D eigenvalue weighted by atomic mass is 32.1. The molecule has 5 heteroatoms. The Bertz CT molecular complexity index is 605. The van der Waals surface area contributed by atoms with Crippen molar-refractivity contribution >= 4 is 23.0 Å².